The lowest BCUT2D eigenvalue weighted by atomic mass is 9.98. The molecule has 0 radical (unpaired) electrons. The highest BCUT2D eigenvalue weighted by Gasteiger charge is 2.28. The number of halogens is 1. The number of piperidine rings is 1. The van der Waals surface area contributed by atoms with Crippen molar-refractivity contribution >= 4 is 23.2 Å². The highest BCUT2D eigenvalue weighted by molar-refractivity contribution is 6.31. The monoisotopic (exact) mass is 297 g/mol. The number of nitrogens with one attached hydrogen (secondary N) is 1. The number of benzene rings is 1. The first-order valence-electron chi connectivity index (χ1n) is 6.85. The molecule has 110 valence electrons. The first-order chi connectivity index (χ1) is 9.67. The second kappa shape index (κ2) is 6.92. The molecule has 0 aromatic heterocycles. The van der Waals surface area contributed by atoms with Crippen LogP contribution in [0.4, 0.5) is 5.69 Å². The van der Waals surface area contributed by atoms with Crippen LogP contribution in [0.1, 0.15) is 36.0 Å². The lowest BCUT2D eigenvalue weighted by Gasteiger charge is -2.36. The number of nitrogens with two attached hydrogens (primary N) is 1. The lowest BCUT2D eigenvalue weighted by Crippen LogP contribution is -2.44. The van der Waals surface area contributed by atoms with E-state index in [1.807, 2.05) is 4.90 Å². The molecule has 1 saturated heterocycles. The fourth-order valence-corrected chi connectivity index (χ4v) is 2.86. The van der Waals surface area contributed by atoms with Gasteiger partial charge in [-0.3, -0.25) is 10.6 Å². The van der Waals surface area contributed by atoms with Gasteiger partial charge in [0.15, 0.2) is 0 Å². The number of nitrogens with zero attached hydrogens (tertiary/aromatic N) is 1. The Bertz CT molecular complexity index is 479. The van der Waals surface area contributed by atoms with Crippen molar-refractivity contribution in [3.8, 4) is 0 Å². The van der Waals surface area contributed by atoms with Crippen LogP contribution in [0, 0.1) is 0 Å². The average molecular weight is 298 g/mol. The van der Waals surface area contributed by atoms with Crippen LogP contribution in [0.3, 0.4) is 0 Å². The van der Waals surface area contributed by atoms with E-state index in [9.17, 15) is 4.79 Å². The first-order valence-corrected chi connectivity index (χ1v) is 7.23. The number of carbonyl (C=O) groups excluding carboxylic acids is 1. The summed E-state index contributed by atoms with van der Waals surface area (Å²) in [7, 11) is 0. The Labute approximate surface area is 123 Å². The van der Waals surface area contributed by atoms with E-state index >= 15 is 0 Å². The van der Waals surface area contributed by atoms with Crippen molar-refractivity contribution in [3.63, 3.8) is 0 Å². The number of hydrogen-bond donors (Lipinski definition) is 3. The molecule has 1 amide bonds. The van der Waals surface area contributed by atoms with E-state index in [4.69, 9.17) is 22.6 Å². The maximum Gasteiger partial charge on any atom is 0.256 e. The van der Waals surface area contributed by atoms with Gasteiger partial charge in [0.05, 0.1) is 11.3 Å². The SMILES string of the molecule is NNc1ccc(Cl)cc1C(=O)N1CCCCC1CCO. The molecule has 2 rings (SSSR count). The van der Waals surface area contributed by atoms with Gasteiger partial charge in [0.1, 0.15) is 0 Å². The molecule has 1 aliphatic rings. The zero-order valence-electron chi connectivity index (χ0n) is 11.3. The summed E-state index contributed by atoms with van der Waals surface area (Å²) in [5.41, 5.74) is 3.57. The first kappa shape index (κ1) is 15.1. The molecule has 1 heterocycles. The summed E-state index contributed by atoms with van der Waals surface area (Å²) in [6, 6.07) is 5.10. The number of hydrazine groups is 1. The zero-order chi connectivity index (χ0) is 14.5. The van der Waals surface area contributed by atoms with Gasteiger partial charge in [-0.05, 0) is 43.9 Å². The number of aliphatic hydroxyl groups excluding tert-OH is 1. The van der Waals surface area contributed by atoms with Gasteiger partial charge in [0, 0.05) is 24.2 Å². The van der Waals surface area contributed by atoms with Crippen molar-refractivity contribution in [1.29, 1.82) is 0 Å². The molecule has 0 spiro atoms. The standard InChI is InChI=1S/C14H20ClN3O2/c15-10-4-5-13(17-16)12(9-10)14(20)18-7-2-1-3-11(18)6-8-19/h4-5,9,11,17,19H,1-3,6-8,16H2. The molecule has 1 atom stereocenters. The highest BCUT2D eigenvalue weighted by Crippen LogP contribution is 2.26. The summed E-state index contributed by atoms with van der Waals surface area (Å²) in [6.07, 6.45) is 3.61. The largest absolute Gasteiger partial charge is 0.396 e. The Morgan fingerprint density at radius 2 is 2.30 bits per heavy atom. The van der Waals surface area contributed by atoms with Crippen LogP contribution in [0.15, 0.2) is 18.2 Å². The molecule has 20 heavy (non-hydrogen) atoms. The fourth-order valence-electron chi connectivity index (χ4n) is 2.69. The summed E-state index contributed by atoms with van der Waals surface area (Å²) >= 11 is 5.98. The quantitative estimate of drug-likeness (QED) is 0.587. The summed E-state index contributed by atoms with van der Waals surface area (Å²) < 4.78 is 0. The van der Waals surface area contributed by atoms with E-state index in [2.05, 4.69) is 5.43 Å². The summed E-state index contributed by atoms with van der Waals surface area (Å²) in [4.78, 5) is 14.5. The van der Waals surface area contributed by atoms with Crippen LogP contribution in [-0.2, 0) is 0 Å². The molecule has 1 unspecified atom stereocenters. The smallest absolute Gasteiger partial charge is 0.256 e. The Balaban J connectivity index is 2.26. The molecule has 1 aromatic rings. The third kappa shape index (κ3) is 3.23. The van der Waals surface area contributed by atoms with Crippen molar-refractivity contribution in [3.05, 3.63) is 28.8 Å². The van der Waals surface area contributed by atoms with Crippen LogP contribution >= 0.6 is 11.6 Å². The van der Waals surface area contributed by atoms with Gasteiger partial charge in [0.25, 0.3) is 5.91 Å². The summed E-state index contributed by atoms with van der Waals surface area (Å²) in [6.45, 7) is 0.798. The number of amides is 1. The predicted molar refractivity (Wildman–Crippen MR) is 79.6 cm³/mol. The van der Waals surface area contributed by atoms with E-state index in [0.29, 0.717) is 29.2 Å². The molecular formula is C14H20ClN3O2. The number of likely N-dealkylation sites (tertiary alicyclic amines) is 1. The molecule has 6 heteroatoms. The molecule has 4 N–H and O–H groups in total. The fraction of sp³-hybridized carbons (Fsp3) is 0.500. The molecule has 0 saturated carbocycles. The van der Waals surface area contributed by atoms with Gasteiger partial charge >= 0.3 is 0 Å². The summed E-state index contributed by atoms with van der Waals surface area (Å²) in [5, 5.41) is 9.64. The maximum atomic E-state index is 12.7. The minimum atomic E-state index is -0.0846. The Hall–Kier alpha value is -1.30. The molecule has 1 aromatic carbocycles. The van der Waals surface area contributed by atoms with Gasteiger partial charge in [-0.2, -0.15) is 0 Å². The Morgan fingerprint density at radius 1 is 1.50 bits per heavy atom. The minimum absolute atomic E-state index is 0.0846. The maximum absolute atomic E-state index is 12.7. The van der Waals surface area contributed by atoms with Gasteiger partial charge < -0.3 is 15.4 Å². The van der Waals surface area contributed by atoms with Crippen molar-refractivity contribution in [1.82, 2.24) is 4.90 Å². The topological polar surface area (TPSA) is 78.6 Å². The number of rotatable bonds is 4. The number of carbonyl (C=O) groups is 1. The third-order valence-corrected chi connectivity index (χ3v) is 3.95. The van der Waals surface area contributed by atoms with Crippen LogP contribution < -0.4 is 11.3 Å². The van der Waals surface area contributed by atoms with Crippen LogP contribution in [-0.4, -0.2) is 35.1 Å². The second-order valence-electron chi connectivity index (χ2n) is 4.99. The van der Waals surface area contributed by atoms with Gasteiger partial charge in [-0.15, -0.1) is 0 Å². The number of hydrogen-bond acceptors (Lipinski definition) is 4. The summed E-state index contributed by atoms with van der Waals surface area (Å²) in [5.74, 6) is 5.37. The average Bonchev–Trinajstić information content (AvgIpc) is 2.47. The minimum Gasteiger partial charge on any atom is -0.396 e. The predicted octanol–water partition coefficient (Wildman–Crippen LogP) is 2.00. The Kier molecular flexibility index (Phi) is 5.23. The van der Waals surface area contributed by atoms with E-state index in [1.165, 1.54) is 0 Å². The van der Waals surface area contributed by atoms with E-state index < -0.39 is 0 Å². The van der Waals surface area contributed by atoms with Crippen LogP contribution in [0.5, 0.6) is 0 Å². The molecule has 1 aliphatic heterocycles. The molecule has 5 nitrogen and oxygen atoms in total. The molecule has 0 bridgehead atoms. The van der Waals surface area contributed by atoms with Gasteiger partial charge in [-0.1, -0.05) is 11.6 Å². The van der Waals surface area contributed by atoms with E-state index in [1.54, 1.807) is 18.2 Å². The lowest BCUT2D eigenvalue weighted by molar-refractivity contribution is 0.0575. The van der Waals surface area contributed by atoms with E-state index in [0.717, 1.165) is 19.3 Å². The number of aliphatic hydroxyl groups is 1. The molecular weight excluding hydrogens is 278 g/mol. The van der Waals surface area contributed by atoms with Crippen LogP contribution in [0.2, 0.25) is 5.02 Å². The highest BCUT2D eigenvalue weighted by atomic mass is 35.5. The normalized spacial score (nSPS) is 18.9. The van der Waals surface area contributed by atoms with Crippen molar-refractivity contribution in [2.75, 3.05) is 18.6 Å². The van der Waals surface area contributed by atoms with Gasteiger partial charge in [-0.25, -0.2) is 0 Å². The molecule has 0 aliphatic carbocycles. The number of anilines is 1. The van der Waals surface area contributed by atoms with E-state index in [-0.39, 0.29) is 18.6 Å². The van der Waals surface area contributed by atoms with Crippen molar-refractivity contribution in [2.24, 2.45) is 5.84 Å². The third-order valence-electron chi connectivity index (χ3n) is 3.72. The van der Waals surface area contributed by atoms with Crippen LogP contribution in [0.25, 0.3) is 0 Å². The second-order valence-corrected chi connectivity index (χ2v) is 5.43. The van der Waals surface area contributed by atoms with Gasteiger partial charge in [0.2, 0.25) is 0 Å². The zero-order valence-corrected chi connectivity index (χ0v) is 12.1. The number of nitrogen functional groups attached to an aromatic ring is 1. The van der Waals surface area contributed by atoms with Crippen molar-refractivity contribution in [2.45, 2.75) is 31.7 Å². The van der Waals surface area contributed by atoms with Crippen molar-refractivity contribution < 1.29 is 9.90 Å². The molecule has 1 fully saturated rings. The Morgan fingerprint density at radius 3 is 3.00 bits per heavy atom.